The zero-order chi connectivity index (χ0) is 13.0. The smallest absolute Gasteiger partial charge is 0.0991 e. The summed E-state index contributed by atoms with van der Waals surface area (Å²) in [5, 5.41) is 12.5. The first-order valence-electron chi connectivity index (χ1n) is 6.72. The van der Waals surface area contributed by atoms with Crippen molar-refractivity contribution in [1.29, 1.82) is 5.26 Å². The van der Waals surface area contributed by atoms with Crippen LogP contribution in [0.25, 0.3) is 0 Å². The van der Waals surface area contributed by atoms with E-state index in [-0.39, 0.29) is 0 Å². The molecular weight excluding hydrogens is 222 g/mol. The van der Waals surface area contributed by atoms with Crippen LogP contribution >= 0.6 is 0 Å². The molecule has 1 saturated heterocycles. The molecule has 1 aliphatic rings. The Morgan fingerprint density at radius 2 is 2.33 bits per heavy atom. The van der Waals surface area contributed by atoms with Crippen LogP contribution in [0.4, 0.5) is 5.69 Å². The number of piperidine rings is 1. The first-order valence-corrected chi connectivity index (χ1v) is 6.72. The lowest BCUT2D eigenvalue weighted by Gasteiger charge is -2.33. The third-order valence-corrected chi connectivity index (χ3v) is 3.67. The lowest BCUT2D eigenvalue weighted by atomic mass is 10.0. The fourth-order valence-corrected chi connectivity index (χ4v) is 2.58. The normalized spacial score (nSPS) is 20.4. The van der Waals surface area contributed by atoms with Gasteiger partial charge in [0.25, 0.3) is 0 Å². The second kappa shape index (κ2) is 5.88. The number of hydrogen-bond acceptors (Lipinski definition) is 3. The minimum Gasteiger partial charge on any atom is -0.381 e. The minimum atomic E-state index is 0.533. The van der Waals surface area contributed by atoms with Crippen molar-refractivity contribution in [2.45, 2.75) is 32.7 Å². The van der Waals surface area contributed by atoms with Gasteiger partial charge in [-0.1, -0.05) is 6.92 Å². The maximum Gasteiger partial charge on any atom is 0.0991 e. The van der Waals surface area contributed by atoms with Crippen molar-refractivity contribution < 1.29 is 0 Å². The molecule has 1 fully saturated rings. The van der Waals surface area contributed by atoms with E-state index in [9.17, 15) is 0 Å². The number of rotatable bonds is 3. The maximum absolute atomic E-state index is 8.86. The van der Waals surface area contributed by atoms with Gasteiger partial charge in [-0.05, 0) is 56.6 Å². The largest absolute Gasteiger partial charge is 0.381 e. The summed E-state index contributed by atoms with van der Waals surface area (Å²) in [5.41, 5.74) is 3.05. The van der Waals surface area contributed by atoms with E-state index in [4.69, 9.17) is 5.26 Å². The van der Waals surface area contributed by atoms with Crippen LogP contribution in [0.15, 0.2) is 18.2 Å². The standard InChI is InChI=1S/C15H21N3/c1-3-18-8-4-5-14(11-18)17-15-7-6-13(10-16)9-12(15)2/h6-7,9,14,17H,3-5,8,11H2,1-2H3. The van der Waals surface area contributed by atoms with Crippen molar-refractivity contribution in [2.75, 3.05) is 25.0 Å². The van der Waals surface area contributed by atoms with Crippen molar-refractivity contribution in [3.8, 4) is 6.07 Å². The van der Waals surface area contributed by atoms with Gasteiger partial charge in [0.05, 0.1) is 11.6 Å². The summed E-state index contributed by atoms with van der Waals surface area (Å²) >= 11 is 0. The van der Waals surface area contributed by atoms with Crippen molar-refractivity contribution in [3.63, 3.8) is 0 Å². The molecule has 0 radical (unpaired) electrons. The van der Waals surface area contributed by atoms with Crippen LogP contribution in [0.2, 0.25) is 0 Å². The average Bonchev–Trinajstić information content (AvgIpc) is 2.41. The van der Waals surface area contributed by atoms with Crippen LogP contribution in [0.3, 0.4) is 0 Å². The topological polar surface area (TPSA) is 39.1 Å². The van der Waals surface area contributed by atoms with E-state index in [1.807, 2.05) is 18.2 Å². The third kappa shape index (κ3) is 3.02. The molecule has 1 N–H and O–H groups in total. The Hall–Kier alpha value is -1.53. The van der Waals surface area contributed by atoms with Crippen LogP contribution in [-0.4, -0.2) is 30.6 Å². The Labute approximate surface area is 109 Å². The zero-order valence-electron chi connectivity index (χ0n) is 11.2. The van der Waals surface area contributed by atoms with Gasteiger partial charge in [0, 0.05) is 18.3 Å². The molecule has 2 rings (SSSR count). The SMILES string of the molecule is CCN1CCCC(Nc2ccc(C#N)cc2C)C1. The lowest BCUT2D eigenvalue weighted by molar-refractivity contribution is 0.227. The fraction of sp³-hybridized carbons (Fsp3) is 0.533. The Morgan fingerprint density at radius 1 is 1.50 bits per heavy atom. The summed E-state index contributed by atoms with van der Waals surface area (Å²) in [6.45, 7) is 7.75. The number of nitrogens with zero attached hydrogens (tertiary/aromatic N) is 2. The number of nitriles is 1. The molecule has 96 valence electrons. The highest BCUT2D eigenvalue weighted by Gasteiger charge is 2.18. The summed E-state index contributed by atoms with van der Waals surface area (Å²) in [7, 11) is 0. The summed E-state index contributed by atoms with van der Waals surface area (Å²) in [4.78, 5) is 2.49. The predicted molar refractivity (Wildman–Crippen MR) is 74.7 cm³/mol. The molecule has 0 saturated carbocycles. The number of nitrogens with one attached hydrogen (secondary N) is 1. The molecule has 18 heavy (non-hydrogen) atoms. The number of likely N-dealkylation sites (N-methyl/N-ethyl adjacent to an activating group) is 1. The van der Waals surface area contributed by atoms with E-state index < -0.39 is 0 Å². The van der Waals surface area contributed by atoms with Crippen molar-refractivity contribution in [1.82, 2.24) is 4.90 Å². The number of likely N-dealkylation sites (tertiary alicyclic amines) is 1. The summed E-state index contributed by atoms with van der Waals surface area (Å²) in [6, 6.07) is 8.57. The van der Waals surface area contributed by atoms with E-state index in [1.165, 1.54) is 19.4 Å². The average molecular weight is 243 g/mol. The molecule has 1 aromatic carbocycles. The van der Waals surface area contributed by atoms with Crippen molar-refractivity contribution in [3.05, 3.63) is 29.3 Å². The van der Waals surface area contributed by atoms with Crippen LogP contribution in [0.1, 0.15) is 30.9 Å². The van der Waals surface area contributed by atoms with Gasteiger partial charge in [-0.3, -0.25) is 0 Å². The summed E-state index contributed by atoms with van der Waals surface area (Å²) < 4.78 is 0. The van der Waals surface area contributed by atoms with Gasteiger partial charge < -0.3 is 10.2 Å². The van der Waals surface area contributed by atoms with Gasteiger partial charge in [-0.25, -0.2) is 0 Å². The first-order chi connectivity index (χ1) is 8.72. The minimum absolute atomic E-state index is 0.533. The quantitative estimate of drug-likeness (QED) is 0.887. The number of hydrogen-bond donors (Lipinski definition) is 1. The lowest BCUT2D eigenvalue weighted by Crippen LogP contribution is -2.41. The van der Waals surface area contributed by atoms with Gasteiger partial charge in [0.15, 0.2) is 0 Å². The predicted octanol–water partition coefficient (Wildman–Crippen LogP) is 2.76. The molecule has 3 heteroatoms. The van der Waals surface area contributed by atoms with E-state index in [1.54, 1.807) is 0 Å². The Kier molecular flexibility index (Phi) is 4.22. The van der Waals surface area contributed by atoms with Gasteiger partial charge >= 0.3 is 0 Å². The highest BCUT2D eigenvalue weighted by atomic mass is 15.2. The molecule has 1 heterocycles. The van der Waals surface area contributed by atoms with Gasteiger partial charge in [-0.2, -0.15) is 5.26 Å². The monoisotopic (exact) mass is 243 g/mol. The van der Waals surface area contributed by atoms with Crippen LogP contribution < -0.4 is 5.32 Å². The van der Waals surface area contributed by atoms with Gasteiger partial charge in [-0.15, -0.1) is 0 Å². The molecule has 0 bridgehead atoms. The Balaban J connectivity index is 2.03. The van der Waals surface area contributed by atoms with Crippen LogP contribution in [-0.2, 0) is 0 Å². The second-order valence-corrected chi connectivity index (χ2v) is 5.02. The molecule has 1 atom stereocenters. The molecular formula is C15H21N3. The molecule has 1 aromatic rings. The highest BCUT2D eigenvalue weighted by Crippen LogP contribution is 2.20. The van der Waals surface area contributed by atoms with E-state index in [0.717, 1.165) is 29.9 Å². The number of aryl methyl sites for hydroxylation is 1. The molecule has 1 unspecified atom stereocenters. The third-order valence-electron chi connectivity index (χ3n) is 3.67. The summed E-state index contributed by atoms with van der Waals surface area (Å²) in [5.74, 6) is 0. The van der Waals surface area contributed by atoms with Crippen LogP contribution in [0, 0.1) is 18.3 Å². The van der Waals surface area contributed by atoms with E-state index in [2.05, 4.69) is 30.1 Å². The zero-order valence-corrected chi connectivity index (χ0v) is 11.2. The van der Waals surface area contributed by atoms with E-state index in [0.29, 0.717) is 6.04 Å². The molecule has 0 amide bonds. The Bertz CT molecular complexity index is 448. The highest BCUT2D eigenvalue weighted by molar-refractivity contribution is 5.54. The van der Waals surface area contributed by atoms with Gasteiger partial charge in [0.1, 0.15) is 0 Å². The maximum atomic E-state index is 8.86. The number of anilines is 1. The first kappa shape index (κ1) is 12.9. The molecule has 0 aromatic heterocycles. The molecule has 3 nitrogen and oxygen atoms in total. The molecule has 1 aliphatic heterocycles. The van der Waals surface area contributed by atoms with Crippen molar-refractivity contribution in [2.24, 2.45) is 0 Å². The molecule has 0 aliphatic carbocycles. The van der Waals surface area contributed by atoms with Crippen LogP contribution in [0.5, 0.6) is 0 Å². The van der Waals surface area contributed by atoms with Gasteiger partial charge in [0.2, 0.25) is 0 Å². The molecule has 0 spiro atoms. The Morgan fingerprint density at radius 3 is 3.00 bits per heavy atom. The number of benzene rings is 1. The second-order valence-electron chi connectivity index (χ2n) is 5.02. The summed E-state index contributed by atoms with van der Waals surface area (Å²) in [6.07, 6.45) is 2.50. The fourth-order valence-electron chi connectivity index (χ4n) is 2.58. The van der Waals surface area contributed by atoms with E-state index >= 15 is 0 Å². The van der Waals surface area contributed by atoms with Crippen molar-refractivity contribution >= 4 is 5.69 Å².